The number of hydrogen-bond acceptors (Lipinski definition) is 4. The normalized spacial score (nSPS) is 8.25. The van der Waals surface area contributed by atoms with Crippen molar-refractivity contribution in [3.63, 3.8) is 0 Å². The molecular weight excluding hydrogens is 602 g/mol. The van der Waals surface area contributed by atoms with Crippen LogP contribution in [0.15, 0.2) is 85.7 Å². The van der Waals surface area contributed by atoms with Gasteiger partial charge in [-0.25, -0.2) is 0 Å². The minimum absolute atomic E-state index is 0.847. The molecular formula is C23H14ClN4O3Re. The molecule has 0 saturated carbocycles. The molecule has 9 heteroatoms. The molecule has 0 unspecified atom stereocenters. The first-order valence-electron chi connectivity index (χ1n) is 8.39. The van der Waals surface area contributed by atoms with Gasteiger partial charge in [0, 0.05) is 37.2 Å². The molecule has 0 aliphatic rings. The Morgan fingerprint density at radius 3 is 1.09 bits per heavy atom. The van der Waals surface area contributed by atoms with Crippen LogP contribution in [-0.4, -0.2) is 19.9 Å². The summed E-state index contributed by atoms with van der Waals surface area (Å²) in [6, 6.07) is 16.0. The van der Waals surface area contributed by atoms with Crippen molar-refractivity contribution in [3.8, 4) is 33.6 Å². The molecule has 7 nitrogen and oxygen atoms in total. The molecule has 0 atom stereocenters. The van der Waals surface area contributed by atoms with Crippen LogP contribution in [0.1, 0.15) is 0 Å². The van der Waals surface area contributed by atoms with E-state index in [1.54, 1.807) is 24.8 Å². The minimum atomic E-state index is 0.847. The Kier molecular flexibility index (Phi) is 16.7. The maximum atomic E-state index is 7.50. The van der Waals surface area contributed by atoms with Gasteiger partial charge in [-0.05, 0) is 70.8 Å². The summed E-state index contributed by atoms with van der Waals surface area (Å²) in [4.78, 5) is 17.1. The van der Waals surface area contributed by atoms with Crippen molar-refractivity contribution in [2.75, 3.05) is 0 Å². The van der Waals surface area contributed by atoms with Gasteiger partial charge in [0.05, 0.1) is 11.4 Å². The van der Waals surface area contributed by atoms with E-state index in [1.165, 1.54) is 18.2 Å². The van der Waals surface area contributed by atoms with E-state index in [1.807, 2.05) is 60.9 Å². The van der Waals surface area contributed by atoms with Gasteiger partial charge in [-0.1, -0.05) is 0 Å². The molecule has 4 heterocycles. The van der Waals surface area contributed by atoms with Gasteiger partial charge in [0.2, 0.25) is 0 Å². The summed E-state index contributed by atoms with van der Waals surface area (Å²) in [5.41, 5.74) is 6.11. The molecule has 0 aliphatic heterocycles. The van der Waals surface area contributed by atoms with Crippen LogP contribution in [-0.2, 0) is 32.1 Å². The smallest absolute Gasteiger partial charge is 0.0892 e. The predicted molar refractivity (Wildman–Crippen MR) is 112 cm³/mol. The Hall–Kier alpha value is -3.23. The second-order valence-electron chi connectivity index (χ2n) is 5.33. The molecule has 4 rings (SSSR count). The first kappa shape index (κ1) is 28.8. The number of aromatic nitrogens is 4. The van der Waals surface area contributed by atoms with E-state index in [4.69, 9.17) is 23.5 Å². The zero-order valence-corrected chi connectivity index (χ0v) is 19.8. The summed E-state index contributed by atoms with van der Waals surface area (Å²) in [6.45, 7) is 13.5. The topological polar surface area (TPSA) is 111 Å². The first-order valence-corrected chi connectivity index (χ1v) is 11.8. The van der Waals surface area contributed by atoms with Gasteiger partial charge in [-0.3, -0.25) is 19.9 Å². The van der Waals surface area contributed by atoms with E-state index in [0.29, 0.717) is 0 Å². The molecule has 158 valence electrons. The summed E-state index contributed by atoms with van der Waals surface area (Å²) < 4.78 is 22.5. The zero-order valence-electron chi connectivity index (χ0n) is 16.4. The molecule has 0 fully saturated rings. The van der Waals surface area contributed by atoms with Gasteiger partial charge in [-0.15, -0.1) is 0 Å². The van der Waals surface area contributed by atoms with Crippen LogP contribution >= 0.6 is 9.53 Å². The van der Waals surface area contributed by atoms with Crippen molar-refractivity contribution in [1.29, 1.82) is 0 Å². The molecule has 0 aromatic carbocycles. The fourth-order valence-corrected chi connectivity index (χ4v) is 2.59. The maximum absolute atomic E-state index is 7.50. The minimum Gasteiger partial charge on any atom is -0.265 e. The Balaban J connectivity index is 0.00000109. The van der Waals surface area contributed by atoms with Crippen molar-refractivity contribution in [2.45, 2.75) is 0 Å². The van der Waals surface area contributed by atoms with Crippen LogP contribution < -0.4 is 0 Å². The van der Waals surface area contributed by atoms with Crippen LogP contribution in [0.2, 0.25) is 0 Å². The van der Waals surface area contributed by atoms with Gasteiger partial charge < -0.3 is 0 Å². The molecule has 32 heavy (non-hydrogen) atoms. The average Bonchev–Trinajstić information content (AvgIpc) is 2.94. The molecule has 0 bridgehead atoms. The fraction of sp³-hybridized carbons (Fsp3) is 0. The second-order valence-corrected chi connectivity index (χ2v) is 5.33. The van der Waals surface area contributed by atoms with Gasteiger partial charge in [-0.2, -0.15) is 0 Å². The average molecular weight is 616 g/mol. The standard InChI is InChI=1S/C20H14N4.3CO.ClH.Re/c1-7-21-8-2-15(1)17-5-11-23-19(13-17)20-14-18(6-12-24-20)16-3-9-22-10-4-16;3*1-2;;/h1-14H;;;;1H;/q;;;;;+1/p-1. The molecule has 0 aliphatic carbocycles. The predicted octanol–water partition coefficient (Wildman–Crippen LogP) is 4.84. The molecule has 0 spiro atoms. The third kappa shape index (κ3) is 8.87. The molecule has 4 aromatic rings. The SMILES string of the molecule is [C-]#[O+].[C-]#[O+].[C-]#[O+].[Cl][Re].c1cc(-c2ccnc(-c3cc(-c4ccncc4)ccn3)c2)ccn1. The van der Waals surface area contributed by atoms with Crippen molar-refractivity contribution >= 4 is 9.53 Å². The van der Waals surface area contributed by atoms with Crippen LogP contribution in [0.3, 0.4) is 0 Å². The summed E-state index contributed by atoms with van der Waals surface area (Å²) in [6.07, 6.45) is 10.8. The monoisotopic (exact) mass is 616 g/mol. The van der Waals surface area contributed by atoms with E-state index in [2.05, 4.69) is 39.9 Å². The van der Waals surface area contributed by atoms with Crippen LogP contribution in [0.4, 0.5) is 0 Å². The Morgan fingerprint density at radius 1 is 0.500 bits per heavy atom. The Bertz CT molecular complexity index is 1010. The molecule has 0 radical (unpaired) electrons. The van der Waals surface area contributed by atoms with E-state index in [9.17, 15) is 0 Å². The molecule has 0 N–H and O–H groups in total. The van der Waals surface area contributed by atoms with E-state index in [0.717, 1.165) is 33.6 Å². The van der Waals surface area contributed by atoms with Gasteiger partial charge >= 0.3 is 61.6 Å². The van der Waals surface area contributed by atoms with Crippen molar-refractivity contribution in [3.05, 3.63) is 106 Å². The molecule has 0 saturated heterocycles. The largest absolute Gasteiger partial charge is 0.265 e. The molecule has 0 amide bonds. The van der Waals surface area contributed by atoms with Gasteiger partial charge in [0.1, 0.15) is 0 Å². The number of pyridine rings is 4. The number of rotatable bonds is 3. The maximum Gasteiger partial charge on any atom is 0.0892 e. The van der Waals surface area contributed by atoms with Crippen molar-refractivity contribution < 1.29 is 32.1 Å². The second kappa shape index (κ2) is 18.5. The Labute approximate surface area is 200 Å². The van der Waals surface area contributed by atoms with Crippen molar-refractivity contribution in [1.82, 2.24) is 19.9 Å². The number of hydrogen-bond donors (Lipinski definition) is 0. The summed E-state index contributed by atoms with van der Waals surface area (Å²) in [7, 11) is 4.69. The summed E-state index contributed by atoms with van der Waals surface area (Å²) in [5.74, 6) is 0. The third-order valence-electron chi connectivity index (χ3n) is 3.81. The fourth-order valence-electron chi connectivity index (χ4n) is 2.59. The van der Waals surface area contributed by atoms with Crippen LogP contribution in [0.5, 0.6) is 0 Å². The Morgan fingerprint density at radius 2 is 0.781 bits per heavy atom. The third-order valence-corrected chi connectivity index (χ3v) is 3.81. The first-order chi connectivity index (χ1) is 15.9. The quantitative estimate of drug-likeness (QED) is 0.242. The number of halogens is 1. The zero-order chi connectivity index (χ0) is 24.2. The van der Waals surface area contributed by atoms with Gasteiger partial charge in [0.25, 0.3) is 0 Å². The summed E-state index contributed by atoms with van der Waals surface area (Å²) >= 11 is 1.19. The van der Waals surface area contributed by atoms with Crippen molar-refractivity contribution in [2.24, 2.45) is 0 Å². The van der Waals surface area contributed by atoms with E-state index >= 15 is 0 Å². The van der Waals surface area contributed by atoms with E-state index in [-0.39, 0.29) is 0 Å². The van der Waals surface area contributed by atoms with E-state index < -0.39 is 0 Å². The molecule has 4 aromatic heterocycles. The summed E-state index contributed by atoms with van der Waals surface area (Å²) in [5, 5.41) is 0. The van der Waals surface area contributed by atoms with Gasteiger partial charge in [0.15, 0.2) is 0 Å². The van der Waals surface area contributed by atoms with Crippen LogP contribution in [0, 0.1) is 20.0 Å². The van der Waals surface area contributed by atoms with Crippen LogP contribution in [0.25, 0.3) is 33.6 Å². The number of nitrogens with zero attached hydrogens (tertiary/aromatic N) is 4.